The van der Waals surface area contributed by atoms with Crippen LogP contribution in [0.2, 0.25) is 5.02 Å². The molecule has 2 N–H and O–H groups in total. The van der Waals surface area contributed by atoms with E-state index in [1.807, 2.05) is 40.1 Å². The molecule has 0 bridgehead atoms. The Hall–Kier alpha value is -2.48. The quantitative estimate of drug-likeness (QED) is 0.777. The van der Waals surface area contributed by atoms with Crippen molar-refractivity contribution in [3.05, 3.63) is 59.4 Å². The zero-order valence-electron chi connectivity index (χ0n) is 15.3. The van der Waals surface area contributed by atoms with E-state index in [1.165, 1.54) is 18.2 Å². The van der Waals surface area contributed by atoms with Crippen LogP contribution < -0.4 is 10.6 Å². The molecule has 0 radical (unpaired) electrons. The number of rotatable bonds is 6. The Balaban J connectivity index is 1.40. The molecule has 1 heterocycles. The summed E-state index contributed by atoms with van der Waals surface area (Å²) in [6.45, 7) is 3.15. The Labute approximate surface area is 168 Å². The second kappa shape index (κ2) is 9.64. The first-order valence-corrected chi connectivity index (χ1v) is 9.42. The predicted octanol–water partition coefficient (Wildman–Crippen LogP) is 2.67. The van der Waals surface area contributed by atoms with E-state index in [4.69, 9.17) is 11.6 Å². The molecule has 2 amide bonds. The van der Waals surface area contributed by atoms with Gasteiger partial charge < -0.3 is 10.6 Å². The van der Waals surface area contributed by atoms with Crippen LogP contribution in [0.25, 0.3) is 0 Å². The highest BCUT2D eigenvalue weighted by atomic mass is 35.5. The number of benzene rings is 2. The molecule has 1 aliphatic heterocycles. The summed E-state index contributed by atoms with van der Waals surface area (Å²) in [6, 6.07) is 13.4. The molecule has 0 aliphatic carbocycles. The highest BCUT2D eigenvalue weighted by Crippen LogP contribution is 2.19. The average Bonchev–Trinajstić information content (AvgIpc) is 2.67. The fourth-order valence-corrected chi connectivity index (χ4v) is 3.19. The second-order valence-corrected chi connectivity index (χ2v) is 7.08. The molecule has 0 spiro atoms. The summed E-state index contributed by atoms with van der Waals surface area (Å²) in [6.07, 6.45) is 0. The minimum Gasteiger partial charge on any atom is -0.325 e. The first-order valence-electron chi connectivity index (χ1n) is 9.04. The van der Waals surface area contributed by atoms with E-state index in [0.29, 0.717) is 37.7 Å². The standard InChI is InChI=1S/C20H22ClFN4O2/c21-15-6-7-17(22)18(12-15)24-20(28)14-26-10-8-25(9-11-26)13-19(27)23-16-4-2-1-3-5-16/h1-7,12H,8-11,13-14H2,(H,23,27)(H,24,28). The van der Waals surface area contributed by atoms with Gasteiger partial charge in [-0.15, -0.1) is 0 Å². The molecule has 0 atom stereocenters. The van der Waals surface area contributed by atoms with E-state index >= 15 is 0 Å². The van der Waals surface area contributed by atoms with Crippen LogP contribution in [0.15, 0.2) is 48.5 Å². The number of hydrogen-bond acceptors (Lipinski definition) is 4. The molecular formula is C20H22ClFN4O2. The third-order valence-corrected chi connectivity index (χ3v) is 4.69. The van der Waals surface area contributed by atoms with Gasteiger partial charge in [0, 0.05) is 36.9 Å². The van der Waals surface area contributed by atoms with Crippen molar-refractivity contribution in [2.24, 2.45) is 0 Å². The van der Waals surface area contributed by atoms with Gasteiger partial charge in [-0.2, -0.15) is 0 Å². The van der Waals surface area contributed by atoms with Crippen LogP contribution in [0.4, 0.5) is 15.8 Å². The van der Waals surface area contributed by atoms with Gasteiger partial charge in [0.25, 0.3) is 0 Å². The number of amides is 2. The van der Waals surface area contributed by atoms with Crippen molar-refractivity contribution >= 4 is 34.8 Å². The summed E-state index contributed by atoms with van der Waals surface area (Å²) < 4.78 is 13.7. The van der Waals surface area contributed by atoms with Gasteiger partial charge in [-0.1, -0.05) is 29.8 Å². The number of piperazine rings is 1. The van der Waals surface area contributed by atoms with Gasteiger partial charge in [-0.3, -0.25) is 19.4 Å². The van der Waals surface area contributed by atoms with Gasteiger partial charge in [-0.25, -0.2) is 4.39 Å². The largest absolute Gasteiger partial charge is 0.325 e. The Kier molecular flexibility index (Phi) is 6.97. The third kappa shape index (κ3) is 6.02. The Morgan fingerprint density at radius 2 is 1.46 bits per heavy atom. The van der Waals surface area contributed by atoms with Crippen LogP contribution >= 0.6 is 11.6 Å². The van der Waals surface area contributed by atoms with Crippen molar-refractivity contribution in [2.75, 3.05) is 49.9 Å². The summed E-state index contributed by atoms with van der Waals surface area (Å²) in [5.41, 5.74) is 0.852. The highest BCUT2D eigenvalue weighted by molar-refractivity contribution is 6.30. The van der Waals surface area contributed by atoms with Gasteiger partial charge in [-0.05, 0) is 30.3 Å². The molecule has 148 valence electrons. The molecule has 8 heteroatoms. The number of nitrogens with one attached hydrogen (secondary N) is 2. The molecule has 1 saturated heterocycles. The van der Waals surface area contributed by atoms with Gasteiger partial charge in [0.15, 0.2) is 0 Å². The van der Waals surface area contributed by atoms with E-state index in [9.17, 15) is 14.0 Å². The summed E-state index contributed by atoms with van der Waals surface area (Å²) in [5, 5.41) is 5.78. The summed E-state index contributed by atoms with van der Waals surface area (Å²) >= 11 is 5.83. The zero-order valence-corrected chi connectivity index (χ0v) is 16.1. The molecule has 2 aromatic rings. The van der Waals surface area contributed by atoms with Crippen LogP contribution in [0.3, 0.4) is 0 Å². The van der Waals surface area contributed by atoms with E-state index in [2.05, 4.69) is 10.6 Å². The first-order chi connectivity index (χ1) is 13.5. The molecule has 0 saturated carbocycles. The average molecular weight is 405 g/mol. The second-order valence-electron chi connectivity index (χ2n) is 6.64. The lowest BCUT2D eigenvalue weighted by Crippen LogP contribution is -2.50. The molecule has 0 unspecified atom stereocenters. The predicted molar refractivity (Wildman–Crippen MR) is 108 cm³/mol. The summed E-state index contributed by atoms with van der Waals surface area (Å²) in [5.74, 6) is -0.878. The number of halogens is 2. The van der Waals surface area contributed by atoms with E-state index in [-0.39, 0.29) is 24.0 Å². The maximum absolute atomic E-state index is 13.7. The van der Waals surface area contributed by atoms with Gasteiger partial charge in [0.2, 0.25) is 11.8 Å². The van der Waals surface area contributed by atoms with Gasteiger partial charge >= 0.3 is 0 Å². The Morgan fingerprint density at radius 1 is 0.893 bits per heavy atom. The van der Waals surface area contributed by atoms with E-state index < -0.39 is 5.82 Å². The van der Waals surface area contributed by atoms with Crippen molar-refractivity contribution < 1.29 is 14.0 Å². The van der Waals surface area contributed by atoms with Crippen molar-refractivity contribution in [1.82, 2.24) is 9.80 Å². The number of hydrogen-bond donors (Lipinski definition) is 2. The maximum atomic E-state index is 13.7. The third-order valence-electron chi connectivity index (χ3n) is 4.46. The fourth-order valence-electron chi connectivity index (χ4n) is 3.02. The van der Waals surface area contributed by atoms with Crippen LogP contribution in [-0.2, 0) is 9.59 Å². The highest BCUT2D eigenvalue weighted by Gasteiger charge is 2.21. The van der Waals surface area contributed by atoms with Crippen LogP contribution in [0.1, 0.15) is 0 Å². The van der Waals surface area contributed by atoms with Crippen LogP contribution in [-0.4, -0.2) is 60.9 Å². The maximum Gasteiger partial charge on any atom is 0.238 e. The molecular weight excluding hydrogens is 383 g/mol. The lowest BCUT2D eigenvalue weighted by Gasteiger charge is -2.33. The summed E-state index contributed by atoms with van der Waals surface area (Å²) in [7, 11) is 0. The number of carbonyl (C=O) groups is 2. The Bertz CT molecular complexity index is 826. The topological polar surface area (TPSA) is 64.7 Å². The van der Waals surface area contributed by atoms with E-state index in [0.717, 1.165) is 5.69 Å². The van der Waals surface area contributed by atoms with Crippen molar-refractivity contribution in [1.29, 1.82) is 0 Å². The summed E-state index contributed by atoms with van der Waals surface area (Å²) in [4.78, 5) is 28.3. The number of anilines is 2. The smallest absolute Gasteiger partial charge is 0.238 e. The SMILES string of the molecule is O=C(CN1CCN(CC(=O)Nc2cc(Cl)ccc2F)CC1)Nc1ccccc1. The molecule has 28 heavy (non-hydrogen) atoms. The van der Waals surface area contributed by atoms with Gasteiger partial charge in [0.1, 0.15) is 5.82 Å². The zero-order chi connectivity index (χ0) is 19.9. The molecule has 6 nitrogen and oxygen atoms in total. The minimum atomic E-state index is -0.521. The normalized spacial score (nSPS) is 15.2. The lowest BCUT2D eigenvalue weighted by atomic mass is 10.2. The number of nitrogens with zero attached hydrogens (tertiary/aromatic N) is 2. The minimum absolute atomic E-state index is 0.0613. The van der Waals surface area contributed by atoms with Gasteiger partial charge in [0.05, 0.1) is 18.8 Å². The van der Waals surface area contributed by atoms with Crippen LogP contribution in [0, 0.1) is 5.82 Å². The molecule has 3 rings (SSSR count). The molecule has 2 aromatic carbocycles. The van der Waals surface area contributed by atoms with Crippen LogP contribution in [0.5, 0.6) is 0 Å². The number of carbonyl (C=O) groups excluding carboxylic acids is 2. The van der Waals surface area contributed by atoms with Crippen molar-refractivity contribution in [3.8, 4) is 0 Å². The molecule has 0 aromatic heterocycles. The van der Waals surface area contributed by atoms with E-state index in [1.54, 1.807) is 0 Å². The van der Waals surface area contributed by atoms with Crippen molar-refractivity contribution in [3.63, 3.8) is 0 Å². The van der Waals surface area contributed by atoms with Crippen molar-refractivity contribution in [2.45, 2.75) is 0 Å². The monoisotopic (exact) mass is 404 g/mol. The molecule has 1 fully saturated rings. The number of para-hydroxylation sites is 1. The first kappa shape index (κ1) is 20.3. The fraction of sp³-hybridized carbons (Fsp3) is 0.300. The Morgan fingerprint density at radius 3 is 2.07 bits per heavy atom. The lowest BCUT2D eigenvalue weighted by molar-refractivity contribution is -0.120. The molecule has 1 aliphatic rings.